The zero-order chi connectivity index (χ0) is 16.2. The third kappa shape index (κ3) is 4.75. The van der Waals surface area contributed by atoms with Crippen LogP contribution in [0.15, 0.2) is 34.1 Å². The normalized spacial score (nSPS) is 17.5. The number of nitrogens with zero attached hydrogens (tertiary/aromatic N) is 1. The number of nitrogens with one attached hydrogen (secondary N) is 2. The van der Waals surface area contributed by atoms with Gasteiger partial charge in [0.2, 0.25) is 10.0 Å². The van der Waals surface area contributed by atoms with Crippen molar-refractivity contribution >= 4 is 19.9 Å². The summed E-state index contributed by atoms with van der Waals surface area (Å²) in [6, 6.07) is 5.23. The van der Waals surface area contributed by atoms with Gasteiger partial charge in [0, 0.05) is 45.5 Å². The Labute approximate surface area is 131 Å². The molecule has 1 aromatic rings. The average Bonchev–Trinajstić information content (AvgIpc) is 2.47. The summed E-state index contributed by atoms with van der Waals surface area (Å²) in [6.07, 6.45) is 1.09. The molecular formula is C13H21N3O4S2. The van der Waals surface area contributed by atoms with Gasteiger partial charge in [0.25, 0.3) is 0 Å². The molecule has 0 aromatic heterocycles. The van der Waals surface area contributed by atoms with Gasteiger partial charge in [-0.25, -0.2) is 21.6 Å². The maximum atomic E-state index is 12.1. The molecule has 1 aliphatic heterocycles. The van der Waals surface area contributed by atoms with E-state index in [1.807, 2.05) is 0 Å². The number of rotatable bonds is 6. The minimum atomic E-state index is -3.61. The molecule has 2 N–H and O–H groups in total. The fourth-order valence-electron chi connectivity index (χ4n) is 2.22. The molecule has 0 amide bonds. The van der Waals surface area contributed by atoms with E-state index in [1.165, 1.54) is 24.3 Å². The van der Waals surface area contributed by atoms with Crippen LogP contribution in [0.1, 0.15) is 0 Å². The first-order valence-corrected chi connectivity index (χ1v) is 10.4. The average molecular weight is 347 g/mol. The summed E-state index contributed by atoms with van der Waals surface area (Å²) < 4.78 is 49.6. The lowest BCUT2D eigenvalue weighted by Crippen LogP contribution is -2.46. The first-order chi connectivity index (χ1) is 10.3. The van der Waals surface area contributed by atoms with Gasteiger partial charge in [0.1, 0.15) is 0 Å². The van der Waals surface area contributed by atoms with E-state index in [2.05, 4.69) is 14.9 Å². The molecular weight excluding hydrogens is 326 g/mol. The molecule has 124 valence electrons. The molecule has 7 nitrogen and oxygen atoms in total. The van der Waals surface area contributed by atoms with E-state index in [-0.39, 0.29) is 9.79 Å². The summed E-state index contributed by atoms with van der Waals surface area (Å²) in [6.45, 7) is 4.63. The molecule has 0 saturated carbocycles. The molecule has 0 bridgehead atoms. The van der Waals surface area contributed by atoms with Crippen LogP contribution in [0.2, 0.25) is 0 Å². The Bertz CT molecular complexity index is 693. The largest absolute Gasteiger partial charge is 0.314 e. The van der Waals surface area contributed by atoms with E-state index in [9.17, 15) is 16.8 Å². The molecule has 0 spiro atoms. The minimum Gasteiger partial charge on any atom is -0.314 e. The van der Waals surface area contributed by atoms with Crippen molar-refractivity contribution in [2.75, 3.05) is 45.5 Å². The monoisotopic (exact) mass is 347 g/mol. The van der Waals surface area contributed by atoms with Gasteiger partial charge in [-0.2, -0.15) is 0 Å². The van der Waals surface area contributed by atoms with Gasteiger partial charge in [-0.05, 0) is 24.3 Å². The fourth-order valence-corrected chi connectivity index (χ4v) is 3.87. The van der Waals surface area contributed by atoms with Crippen LogP contribution in [0.5, 0.6) is 0 Å². The molecule has 0 unspecified atom stereocenters. The van der Waals surface area contributed by atoms with Crippen LogP contribution in [0.3, 0.4) is 0 Å². The maximum Gasteiger partial charge on any atom is 0.240 e. The first-order valence-electron chi connectivity index (χ1n) is 7.02. The summed E-state index contributed by atoms with van der Waals surface area (Å²) >= 11 is 0. The number of sulfone groups is 1. The third-order valence-electron chi connectivity index (χ3n) is 3.49. The van der Waals surface area contributed by atoms with Crippen LogP contribution in [-0.4, -0.2) is 67.3 Å². The van der Waals surface area contributed by atoms with Gasteiger partial charge in [0.05, 0.1) is 9.79 Å². The van der Waals surface area contributed by atoms with Gasteiger partial charge in [-0.1, -0.05) is 0 Å². The van der Waals surface area contributed by atoms with Crippen LogP contribution in [0.4, 0.5) is 0 Å². The molecule has 9 heteroatoms. The van der Waals surface area contributed by atoms with Crippen molar-refractivity contribution in [1.82, 2.24) is 14.9 Å². The molecule has 0 atom stereocenters. The summed E-state index contributed by atoms with van der Waals surface area (Å²) in [5.74, 6) is 0. The summed E-state index contributed by atoms with van der Waals surface area (Å²) in [4.78, 5) is 2.36. The van der Waals surface area contributed by atoms with Gasteiger partial charge < -0.3 is 5.32 Å². The Kier molecular flexibility index (Phi) is 5.56. The van der Waals surface area contributed by atoms with Crippen LogP contribution < -0.4 is 10.0 Å². The fraction of sp³-hybridized carbons (Fsp3) is 0.538. The molecule has 0 aliphatic carbocycles. The molecule has 22 heavy (non-hydrogen) atoms. The van der Waals surface area contributed by atoms with Crippen LogP contribution in [0, 0.1) is 0 Å². The first kappa shape index (κ1) is 17.4. The van der Waals surface area contributed by atoms with Crippen LogP contribution in [-0.2, 0) is 19.9 Å². The second-order valence-corrected chi connectivity index (χ2v) is 9.02. The van der Waals surface area contributed by atoms with Crippen molar-refractivity contribution in [3.05, 3.63) is 24.3 Å². The number of sulfonamides is 1. The highest BCUT2D eigenvalue weighted by Crippen LogP contribution is 2.14. The Morgan fingerprint density at radius 1 is 1.05 bits per heavy atom. The predicted octanol–water partition coefficient (Wildman–Crippen LogP) is -0.726. The van der Waals surface area contributed by atoms with Crippen LogP contribution >= 0.6 is 0 Å². The highest BCUT2D eigenvalue weighted by atomic mass is 32.2. The van der Waals surface area contributed by atoms with Crippen LogP contribution in [0.25, 0.3) is 0 Å². The molecule has 1 saturated heterocycles. The van der Waals surface area contributed by atoms with E-state index in [4.69, 9.17) is 0 Å². The quantitative estimate of drug-likeness (QED) is 0.705. The van der Waals surface area contributed by atoms with E-state index in [1.54, 1.807) is 0 Å². The van der Waals surface area contributed by atoms with E-state index >= 15 is 0 Å². The third-order valence-corrected chi connectivity index (χ3v) is 6.10. The Morgan fingerprint density at radius 3 is 2.14 bits per heavy atom. The van der Waals surface area contributed by atoms with Gasteiger partial charge >= 0.3 is 0 Å². The standard InChI is InChI=1S/C13H21N3O4S2/c1-21(17,18)12-2-4-13(5-3-12)22(19,20)15-8-11-16-9-6-14-7-10-16/h2-5,14-15H,6-11H2,1H3. The van der Waals surface area contributed by atoms with Gasteiger partial charge in [0.15, 0.2) is 9.84 Å². The number of piperazine rings is 1. The predicted molar refractivity (Wildman–Crippen MR) is 84.1 cm³/mol. The lowest BCUT2D eigenvalue weighted by Gasteiger charge is -2.27. The smallest absolute Gasteiger partial charge is 0.240 e. The number of hydrogen-bond donors (Lipinski definition) is 2. The van der Waals surface area contributed by atoms with Gasteiger partial charge in [-0.3, -0.25) is 4.90 Å². The second-order valence-electron chi connectivity index (χ2n) is 5.23. The van der Waals surface area contributed by atoms with E-state index in [0.29, 0.717) is 13.1 Å². The summed E-state index contributed by atoms with van der Waals surface area (Å²) in [5.41, 5.74) is 0. The molecule has 1 fully saturated rings. The SMILES string of the molecule is CS(=O)(=O)c1ccc(S(=O)(=O)NCCN2CCNCC2)cc1. The van der Waals surface area contributed by atoms with Crippen molar-refractivity contribution in [3.63, 3.8) is 0 Å². The Hall–Kier alpha value is -1.00. The molecule has 1 heterocycles. The van der Waals surface area contributed by atoms with Gasteiger partial charge in [-0.15, -0.1) is 0 Å². The van der Waals surface area contributed by atoms with Crippen molar-refractivity contribution < 1.29 is 16.8 Å². The Balaban J connectivity index is 1.95. The van der Waals surface area contributed by atoms with Crippen molar-refractivity contribution in [2.45, 2.75) is 9.79 Å². The Morgan fingerprint density at radius 2 is 1.59 bits per heavy atom. The highest BCUT2D eigenvalue weighted by molar-refractivity contribution is 7.90. The molecule has 1 aromatic carbocycles. The summed E-state index contributed by atoms with van der Waals surface area (Å²) in [5, 5.41) is 3.24. The maximum absolute atomic E-state index is 12.1. The number of benzene rings is 1. The van der Waals surface area contributed by atoms with Crippen molar-refractivity contribution in [3.8, 4) is 0 Å². The van der Waals surface area contributed by atoms with E-state index < -0.39 is 19.9 Å². The topological polar surface area (TPSA) is 95.6 Å². The zero-order valence-corrected chi connectivity index (χ0v) is 14.1. The lowest BCUT2D eigenvalue weighted by atomic mass is 10.3. The van der Waals surface area contributed by atoms with E-state index in [0.717, 1.165) is 32.4 Å². The summed E-state index contributed by atoms with van der Waals surface area (Å²) in [7, 11) is -6.93. The number of hydrogen-bond acceptors (Lipinski definition) is 6. The molecule has 1 aliphatic rings. The lowest BCUT2D eigenvalue weighted by molar-refractivity contribution is 0.245. The van der Waals surface area contributed by atoms with Crippen molar-refractivity contribution in [2.24, 2.45) is 0 Å². The second kappa shape index (κ2) is 7.05. The zero-order valence-electron chi connectivity index (χ0n) is 12.4. The van der Waals surface area contributed by atoms with Crippen molar-refractivity contribution in [1.29, 1.82) is 0 Å². The minimum absolute atomic E-state index is 0.0696. The molecule has 2 rings (SSSR count). The highest BCUT2D eigenvalue weighted by Gasteiger charge is 2.16. The molecule has 0 radical (unpaired) electrons.